The molecule has 176 valence electrons. The molecule has 4 rings (SSSR count). The number of fused-ring (bicyclic) bond motifs is 1. The highest BCUT2D eigenvalue weighted by Gasteiger charge is 2.22. The number of rotatable bonds is 6. The molecule has 1 N–H and O–H groups in total. The van der Waals surface area contributed by atoms with Crippen LogP contribution in [-0.4, -0.2) is 24.8 Å². The zero-order valence-corrected chi connectivity index (χ0v) is 19.1. The Balaban J connectivity index is 1.82. The summed E-state index contributed by atoms with van der Waals surface area (Å²) >= 11 is 5.99. The molecule has 0 atom stereocenters. The summed E-state index contributed by atoms with van der Waals surface area (Å²) in [6.45, 7) is 3.25. The van der Waals surface area contributed by atoms with Gasteiger partial charge in [-0.05, 0) is 49.7 Å². The van der Waals surface area contributed by atoms with Gasteiger partial charge in [0.1, 0.15) is 23.7 Å². The van der Waals surface area contributed by atoms with Gasteiger partial charge in [-0.3, -0.25) is 23.4 Å². The highest BCUT2D eigenvalue weighted by Crippen LogP contribution is 2.22. The lowest BCUT2D eigenvalue weighted by atomic mass is 10.2. The Bertz CT molecular complexity index is 1520. The van der Waals surface area contributed by atoms with E-state index in [2.05, 4.69) is 10.4 Å². The van der Waals surface area contributed by atoms with Gasteiger partial charge in [0.15, 0.2) is 5.52 Å². The molecule has 2 aromatic heterocycles. The topological polar surface area (TPSA) is 90.9 Å². The second-order valence-corrected chi connectivity index (χ2v) is 8.06. The second kappa shape index (κ2) is 9.22. The van der Waals surface area contributed by atoms with Crippen LogP contribution < -0.4 is 16.6 Å². The number of nitrogens with zero attached hydrogens (tertiary/aromatic N) is 4. The molecule has 1 amide bonds. The van der Waals surface area contributed by atoms with Crippen LogP contribution in [0.5, 0.6) is 0 Å². The number of carbonyl (C=O) groups excluding carboxylic acids is 1. The van der Waals surface area contributed by atoms with E-state index < -0.39 is 35.3 Å². The molecule has 0 saturated heterocycles. The van der Waals surface area contributed by atoms with Crippen LogP contribution in [0.1, 0.15) is 18.2 Å². The molecule has 0 unspecified atom stereocenters. The molecule has 8 nitrogen and oxygen atoms in total. The molecule has 0 spiro atoms. The summed E-state index contributed by atoms with van der Waals surface area (Å²) in [5.41, 5.74) is 0.256. The van der Waals surface area contributed by atoms with E-state index >= 15 is 0 Å². The predicted molar refractivity (Wildman–Crippen MR) is 124 cm³/mol. The van der Waals surface area contributed by atoms with Gasteiger partial charge < -0.3 is 5.32 Å². The predicted octanol–water partition coefficient (Wildman–Crippen LogP) is 3.31. The fourth-order valence-corrected chi connectivity index (χ4v) is 3.99. The van der Waals surface area contributed by atoms with Crippen LogP contribution in [0.2, 0.25) is 5.02 Å². The number of aryl methyl sites for hydroxylation is 2. The summed E-state index contributed by atoms with van der Waals surface area (Å²) in [5.74, 6) is -1.61. The summed E-state index contributed by atoms with van der Waals surface area (Å²) in [6, 6.07) is 8.92. The van der Waals surface area contributed by atoms with Crippen molar-refractivity contribution in [3.63, 3.8) is 0 Å². The van der Waals surface area contributed by atoms with E-state index in [4.69, 9.17) is 11.6 Å². The molecular weight excluding hydrogens is 468 g/mol. The molecule has 0 saturated carbocycles. The largest absolute Gasteiger partial charge is 0.332 e. The number of nitrogens with one attached hydrogen (secondary N) is 1. The zero-order valence-electron chi connectivity index (χ0n) is 18.3. The summed E-state index contributed by atoms with van der Waals surface area (Å²) in [4.78, 5) is 39.5. The highest BCUT2D eigenvalue weighted by molar-refractivity contribution is 6.33. The Kier molecular flexibility index (Phi) is 6.34. The molecule has 0 aliphatic carbocycles. The fourth-order valence-electron chi connectivity index (χ4n) is 3.77. The third kappa shape index (κ3) is 4.36. The van der Waals surface area contributed by atoms with Crippen molar-refractivity contribution in [2.24, 2.45) is 0 Å². The van der Waals surface area contributed by atoms with Crippen molar-refractivity contribution in [3.8, 4) is 0 Å². The van der Waals surface area contributed by atoms with Crippen LogP contribution in [0, 0.1) is 18.6 Å². The number of benzene rings is 2. The van der Waals surface area contributed by atoms with Crippen molar-refractivity contribution in [1.29, 1.82) is 0 Å². The first kappa shape index (κ1) is 23.4. The smallest absolute Gasteiger partial charge is 0.323 e. The van der Waals surface area contributed by atoms with E-state index in [-0.39, 0.29) is 28.3 Å². The van der Waals surface area contributed by atoms with Crippen LogP contribution in [0.25, 0.3) is 11.0 Å². The molecule has 4 aromatic rings. The minimum Gasteiger partial charge on any atom is -0.323 e. The molecule has 0 bridgehead atoms. The molecule has 34 heavy (non-hydrogen) atoms. The van der Waals surface area contributed by atoms with Crippen molar-refractivity contribution in [2.75, 3.05) is 5.32 Å². The van der Waals surface area contributed by atoms with Gasteiger partial charge in [0.2, 0.25) is 5.91 Å². The molecule has 0 radical (unpaired) electrons. The average molecular weight is 488 g/mol. The quantitative estimate of drug-likeness (QED) is 0.452. The van der Waals surface area contributed by atoms with Crippen molar-refractivity contribution >= 4 is 34.2 Å². The lowest BCUT2D eigenvalue weighted by molar-refractivity contribution is -0.116. The fraction of sp³-hybridized carbons (Fsp3) is 0.217. The van der Waals surface area contributed by atoms with E-state index in [1.54, 1.807) is 13.8 Å². The van der Waals surface area contributed by atoms with Gasteiger partial charge >= 0.3 is 5.69 Å². The molecule has 2 aromatic carbocycles. The van der Waals surface area contributed by atoms with E-state index in [1.807, 2.05) is 0 Å². The molecule has 0 fully saturated rings. The normalized spacial score (nSPS) is 11.2. The summed E-state index contributed by atoms with van der Waals surface area (Å²) < 4.78 is 30.3. The van der Waals surface area contributed by atoms with E-state index in [0.29, 0.717) is 17.8 Å². The van der Waals surface area contributed by atoms with Crippen LogP contribution >= 0.6 is 11.6 Å². The first-order valence-corrected chi connectivity index (χ1v) is 10.8. The van der Waals surface area contributed by atoms with Crippen LogP contribution in [0.4, 0.5) is 14.5 Å². The number of amides is 1. The number of aromatic nitrogens is 4. The summed E-state index contributed by atoms with van der Waals surface area (Å²) in [6.07, 6.45) is 0. The van der Waals surface area contributed by atoms with Gasteiger partial charge in [-0.1, -0.05) is 23.7 Å². The first-order valence-electron chi connectivity index (χ1n) is 10.4. The molecule has 11 heteroatoms. The van der Waals surface area contributed by atoms with Crippen molar-refractivity contribution in [1.82, 2.24) is 18.9 Å². The maximum Gasteiger partial charge on any atom is 0.332 e. The Hall–Kier alpha value is -3.79. The highest BCUT2D eigenvalue weighted by atomic mass is 35.5. The lowest BCUT2D eigenvalue weighted by Gasteiger charge is -2.14. The van der Waals surface area contributed by atoms with Crippen molar-refractivity contribution in [2.45, 2.75) is 33.5 Å². The minimum absolute atomic E-state index is 0.00195. The maximum atomic E-state index is 13.4. The Morgan fingerprint density at radius 1 is 1.03 bits per heavy atom. The number of hydrogen-bond acceptors (Lipinski definition) is 4. The van der Waals surface area contributed by atoms with Crippen LogP contribution in [-0.2, 0) is 24.4 Å². The second-order valence-electron chi connectivity index (χ2n) is 7.66. The first-order chi connectivity index (χ1) is 16.2. The van der Waals surface area contributed by atoms with Crippen LogP contribution in [0.15, 0.2) is 52.1 Å². The van der Waals surface area contributed by atoms with E-state index in [0.717, 1.165) is 16.7 Å². The average Bonchev–Trinajstić information content (AvgIpc) is 3.14. The van der Waals surface area contributed by atoms with Gasteiger partial charge in [0.25, 0.3) is 5.56 Å². The van der Waals surface area contributed by atoms with E-state index in [1.165, 1.54) is 39.6 Å². The SMILES string of the molecule is CCn1nc(C)c2c1c(=O)n(Cc1ccc(F)cc1)c(=O)n2CC(=O)Nc1ccc(F)cc1Cl. The molecule has 0 aliphatic heterocycles. The monoisotopic (exact) mass is 487 g/mol. The minimum atomic E-state index is -0.721. The molecular formula is C23H20ClF2N5O3. The van der Waals surface area contributed by atoms with Gasteiger partial charge in [-0.2, -0.15) is 5.10 Å². The standard InChI is InChI=1S/C23H20ClF2N5O3/c1-3-31-21-20(13(2)28-31)29(12-19(32)27-18-9-8-16(26)10-17(18)24)23(34)30(22(21)33)11-14-4-6-15(25)7-5-14/h4-10H,3,11-12H2,1-2H3,(H,27,32). The van der Waals surface area contributed by atoms with Gasteiger partial charge in [0.05, 0.1) is 22.9 Å². The summed E-state index contributed by atoms with van der Waals surface area (Å²) in [7, 11) is 0. The number of hydrogen-bond donors (Lipinski definition) is 1. The molecule has 2 heterocycles. The van der Waals surface area contributed by atoms with E-state index in [9.17, 15) is 23.2 Å². The third-order valence-electron chi connectivity index (χ3n) is 5.34. The Morgan fingerprint density at radius 3 is 2.35 bits per heavy atom. The Morgan fingerprint density at radius 2 is 1.71 bits per heavy atom. The number of carbonyl (C=O) groups is 1. The van der Waals surface area contributed by atoms with Crippen molar-refractivity contribution < 1.29 is 13.6 Å². The Labute approximate surface area is 197 Å². The lowest BCUT2D eigenvalue weighted by Crippen LogP contribution is -2.42. The summed E-state index contributed by atoms with van der Waals surface area (Å²) in [5, 5.41) is 6.90. The van der Waals surface area contributed by atoms with Crippen LogP contribution in [0.3, 0.4) is 0 Å². The van der Waals surface area contributed by atoms with Gasteiger partial charge in [0, 0.05) is 6.54 Å². The molecule has 0 aliphatic rings. The number of anilines is 1. The number of halogens is 3. The maximum absolute atomic E-state index is 13.4. The van der Waals surface area contributed by atoms with Gasteiger partial charge in [-0.25, -0.2) is 13.6 Å². The third-order valence-corrected chi connectivity index (χ3v) is 5.65. The zero-order chi connectivity index (χ0) is 24.6. The van der Waals surface area contributed by atoms with Gasteiger partial charge in [-0.15, -0.1) is 0 Å². The van der Waals surface area contributed by atoms with Crippen molar-refractivity contribution in [3.05, 3.63) is 91.2 Å².